The summed E-state index contributed by atoms with van der Waals surface area (Å²) in [6, 6.07) is 0.272. The van der Waals surface area contributed by atoms with E-state index in [1.807, 2.05) is 27.7 Å². The summed E-state index contributed by atoms with van der Waals surface area (Å²) in [7, 11) is 1.78. The second-order valence-electron chi connectivity index (χ2n) is 8.64. The Morgan fingerprint density at radius 1 is 1.00 bits per heavy atom. The quantitative estimate of drug-likeness (QED) is 0.753. The van der Waals surface area contributed by atoms with Crippen LogP contribution in [0.25, 0.3) is 0 Å². The van der Waals surface area contributed by atoms with Gasteiger partial charge in [0, 0.05) is 30.2 Å². The summed E-state index contributed by atoms with van der Waals surface area (Å²) >= 11 is 0. The molecule has 5 heteroatoms. The molecule has 0 atom stereocenters. The fourth-order valence-corrected chi connectivity index (χ4v) is 4.79. The zero-order valence-corrected chi connectivity index (χ0v) is 15.4. The Hall–Kier alpha value is -1.10. The minimum Gasteiger partial charge on any atom is -0.335 e. The fourth-order valence-electron chi connectivity index (χ4n) is 4.79. The smallest absolute Gasteiger partial charge is 0.312 e. The van der Waals surface area contributed by atoms with E-state index in [1.165, 1.54) is 6.42 Å². The number of rotatable bonds is 1. The van der Waals surface area contributed by atoms with Crippen LogP contribution < -0.4 is 5.73 Å². The first-order valence-corrected chi connectivity index (χ1v) is 8.93. The molecule has 5 nitrogen and oxygen atoms in total. The van der Waals surface area contributed by atoms with Gasteiger partial charge in [-0.1, -0.05) is 19.3 Å². The molecular formula is C18H33N3O2. The Bertz CT molecular complexity index is 449. The third kappa shape index (κ3) is 3.70. The Morgan fingerprint density at radius 2 is 1.48 bits per heavy atom. The van der Waals surface area contributed by atoms with Crippen molar-refractivity contribution < 1.29 is 9.59 Å². The molecule has 132 valence electrons. The maximum atomic E-state index is 13.0. The number of carbonyl (C=O) groups excluding carboxylic acids is 2. The van der Waals surface area contributed by atoms with E-state index in [2.05, 4.69) is 0 Å². The van der Waals surface area contributed by atoms with Gasteiger partial charge in [0.1, 0.15) is 0 Å². The van der Waals surface area contributed by atoms with Crippen LogP contribution in [0.2, 0.25) is 0 Å². The van der Waals surface area contributed by atoms with Crippen molar-refractivity contribution in [2.75, 3.05) is 7.05 Å². The van der Waals surface area contributed by atoms with E-state index in [-0.39, 0.29) is 23.9 Å². The SMILES string of the molecule is CN(C(=O)C(=O)N1C(C)(C)CC(N)CC1(C)C)C1CCCCC1. The van der Waals surface area contributed by atoms with Crippen LogP contribution >= 0.6 is 0 Å². The van der Waals surface area contributed by atoms with E-state index < -0.39 is 11.1 Å². The summed E-state index contributed by atoms with van der Waals surface area (Å²) in [6.45, 7) is 8.05. The second-order valence-corrected chi connectivity index (χ2v) is 8.64. The van der Waals surface area contributed by atoms with Crippen LogP contribution in [0.3, 0.4) is 0 Å². The fraction of sp³-hybridized carbons (Fsp3) is 0.889. The molecule has 2 N–H and O–H groups in total. The van der Waals surface area contributed by atoms with E-state index in [9.17, 15) is 9.59 Å². The van der Waals surface area contributed by atoms with Crippen molar-refractivity contribution in [3.63, 3.8) is 0 Å². The lowest BCUT2D eigenvalue weighted by Gasteiger charge is -2.54. The van der Waals surface area contributed by atoms with Crippen molar-refractivity contribution in [1.82, 2.24) is 9.80 Å². The number of piperidine rings is 1. The van der Waals surface area contributed by atoms with Crippen LogP contribution in [0.1, 0.15) is 72.6 Å². The van der Waals surface area contributed by atoms with Crippen LogP contribution in [-0.2, 0) is 9.59 Å². The highest BCUT2D eigenvalue weighted by Gasteiger charge is 2.49. The maximum Gasteiger partial charge on any atom is 0.312 e. The van der Waals surface area contributed by atoms with E-state index in [1.54, 1.807) is 16.8 Å². The number of nitrogens with two attached hydrogens (primary N) is 1. The molecule has 0 aromatic rings. The summed E-state index contributed by atoms with van der Waals surface area (Å²) in [6.07, 6.45) is 6.99. The third-order valence-corrected chi connectivity index (χ3v) is 5.56. The average molecular weight is 323 g/mol. The molecule has 2 amide bonds. The number of hydrogen-bond acceptors (Lipinski definition) is 3. The number of likely N-dealkylation sites (tertiary alicyclic amines) is 1. The molecule has 1 aliphatic heterocycles. The highest BCUT2D eigenvalue weighted by atomic mass is 16.2. The van der Waals surface area contributed by atoms with Crippen molar-refractivity contribution in [2.45, 2.75) is 95.8 Å². The molecule has 0 bridgehead atoms. The zero-order chi connectivity index (χ0) is 17.4. The summed E-state index contributed by atoms with van der Waals surface area (Å²) in [5.74, 6) is -0.742. The number of amides is 2. The molecule has 2 aliphatic rings. The van der Waals surface area contributed by atoms with Crippen LogP contribution in [0.5, 0.6) is 0 Å². The van der Waals surface area contributed by atoms with E-state index >= 15 is 0 Å². The normalized spacial score (nSPS) is 25.2. The molecule has 1 saturated carbocycles. The molecular weight excluding hydrogens is 290 g/mol. The van der Waals surface area contributed by atoms with Gasteiger partial charge in [-0.05, 0) is 53.4 Å². The molecule has 0 aromatic carbocycles. The largest absolute Gasteiger partial charge is 0.335 e. The highest BCUT2D eigenvalue weighted by molar-refractivity contribution is 6.35. The van der Waals surface area contributed by atoms with Gasteiger partial charge in [0.25, 0.3) is 0 Å². The predicted octanol–water partition coefficient (Wildman–Crippen LogP) is 2.28. The molecule has 1 aliphatic carbocycles. The Balaban J connectivity index is 2.18. The van der Waals surface area contributed by atoms with Gasteiger partial charge in [0.15, 0.2) is 0 Å². The average Bonchev–Trinajstić information content (AvgIpc) is 2.43. The van der Waals surface area contributed by atoms with Crippen molar-refractivity contribution in [3.05, 3.63) is 0 Å². The van der Waals surface area contributed by atoms with Gasteiger partial charge in [0.2, 0.25) is 0 Å². The van der Waals surface area contributed by atoms with Gasteiger partial charge >= 0.3 is 11.8 Å². The number of likely N-dealkylation sites (N-methyl/N-ethyl adjacent to an activating group) is 1. The lowest BCUT2D eigenvalue weighted by Crippen LogP contribution is -2.67. The zero-order valence-electron chi connectivity index (χ0n) is 15.4. The first kappa shape index (κ1) is 18.2. The van der Waals surface area contributed by atoms with E-state index in [4.69, 9.17) is 5.73 Å². The van der Waals surface area contributed by atoms with E-state index in [0.717, 1.165) is 38.5 Å². The second kappa shape index (κ2) is 6.42. The van der Waals surface area contributed by atoms with Crippen molar-refractivity contribution in [2.24, 2.45) is 5.73 Å². The minimum absolute atomic E-state index is 0.0650. The van der Waals surface area contributed by atoms with Crippen molar-refractivity contribution in [1.29, 1.82) is 0 Å². The van der Waals surface area contributed by atoms with Crippen LogP contribution in [0.15, 0.2) is 0 Å². The van der Waals surface area contributed by atoms with Gasteiger partial charge in [-0.15, -0.1) is 0 Å². The lowest BCUT2D eigenvalue weighted by molar-refractivity contribution is -0.164. The van der Waals surface area contributed by atoms with Gasteiger partial charge in [-0.2, -0.15) is 0 Å². The van der Waals surface area contributed by atoms with Crippen LogP contribution in [-0.4, -0.2) is 51.8 Å². The highest BCUT2D eigenvalue weighted by Crippen LogP contribution is 2.38. The first-order valence-electron chi connectivity index (χ1n) is 8.93. The summed E-state index contributed by atoms with van der Waals surface area (Å²) in [5.41, 5.74) is 5.36. The predicted molar refractivity (Wildman–Crippen MR) is 91.9 cm³/mol. The van der Waals surface area contributed by atoms with Gasteiger partial charge in [-0.3, -0.25) is 9.59 Å². The minimum atomic E-state index is -0.401. The summed E-state index contributed by atoms with van der Waals surface area (Å²) < 4.78 is 0. The van der Waals surface area contributed by atoms with Gasteiger partial charge < -0.3 is 15.5 Å². The Morgan fingerprint density at radius 3 is 1.96 bits per heavy atom. The number of carbonyl (C=O) groups is 2. The lowest BCUT2D eigenvalue weighted by atomic mass is 9.77. The molecule has 0 spiro atoms. The summed E-state index contributed by atoms with van der Waals surface area (Å²) in [5, 5.41) is 0. The molecule has 0 unspecified atom stereocenters. The molecule has 1 heterocycles. The summed E-state index contributed by atoms with van der Waals surface area (Å²) in [4.78, 5) is 29.3. The van der Waals surface area contributed by atoms with Crippen molar-refractivity contribution >= 4 is 11.8 Å². The molecule has 23 heavy (non-hydrogen) atoms. The number of hydrogen-bond donors (Lipinski definition) is 1. The molecule has 0 radical (unpaired) electrons. The van der Waals surface area contributed by atoms with Crippen LogP contribution in [0, 0.1) is 0 Å². The first-order chi connectivity index (χ1) is 10.6. The third-order valence-electron chi connectivity index (χ3n) is 5.56. The maximum absolute atomic E-state index is 13.0. The van der Waals surface area contributed by atoms with Gasteiger partial charge in [-0.25, -0.2) is 0 Å². The molecule has 2 rings (SSSR count). The molecule has 0 aromatic heterocycles. The Kier molecular flexibility index (Phi) is 5.09. The monoisotopic (exact) mass is 323 g/mol. The molecule has 2 fully saturated rings. The number of nitrogens with zero attached hydrogens (tertiary/aromatic N) is 2. The van der Waals surface area contributed by atoms with E-state index in [0.29, 0.717) is 0 Å². The van der Waals surface area contributed by atoms with Gasteiger partial charge in [0.05, 0.1) is 0 Å². The standard InChI is InChI=1S/C18H33N3O2/c1-17(2)11-13(19)12-18(3,4)21(17)16(23)15(22)20(5)14-9-7-6-8-10-14/h13-14H,6-12,19H2,1-5H3. The van der Waals surface area contributed by atoms with Crippen molar-refractivity contribution in [3.8, 4) is 0 Å². The molecule has 1 saturated heterocycles. The topological polar surface area (TPSA) is 66.6 Å². The Labute approximate surface area is 140 Å². The van der Waals surface area contributed by atoms with Crippen LogP contribution in [0.4, 0.5) is 0 Å².